The molecule has 1 heterocycles. The fourth-order valence-corrected chi connectivity index (χ4v) is 3.63. The third-order valence-corrected chi connectivity index (χ3v) is 4.78. The second-order valence-corrected chi connectivity index (χ2v) is 6.97. The molecule has 1 N–H and O–H groups in total. The lowest BCUT2D eigenvalue weighted by Crippen LogP contribution is -2.45. The number of nitrogens with one attached hydrogen (secondary N) is 1. The molecule has 1 aromatic heterocycles. The zero-order chi connectivity index (χ0) is 14.8. The Morgan fingerprint density at radius 2 is 2.25 bits per heavy atom. The largest absolute Gasteiger partial charge is 0.337 e. The molecule has 0 saturated heterocycles. The first-order valence-corrected chi connectivity index (χ1v) is 7.82. The van der Waals surface area contributed by atoms with Crippen LogP contribution in [0.2, 0.25) is 0 Å². The zero-order valence-electron chi connectivity index (χ0n) is 13.7. The van der Waals surface area contributed by atoms with Gasteiger partial charge in [-0.25, -0.2) is 4.98 Å². The summed E-state index contributed by atoms with van der Waals surface area (Å²) in [4.78, 5) is 6.84. The van der Waals surface area contributed by atoms with Gasteiger partial charge >= 0.3 is 0 Å². The van der Waals surface area contributed by atoms with E-state index in [0.29, 0.717) is 11.5 Å². The molecule has 114 valence electrons. The summed E-state index contributed by atoms with van der Waals surface area (Å²) in [6.07, 6.45) is 6.55. The molecule has 0 aliphatic heterocycles. The molecule has 1 aliphatic carbocycles. The van der Waals surface area contributed by atoms with Crippen LogP contribution in [0.15, 0.2) is 12.4 Å². The summed E-state index contributed by atoms with van der Waals surface area (Å²) < 4.78 is 2.11. The summed E-state index contributed by atoms with van der Waals surface area (Å²) in [5, 5.41) is 3.71. The summed E-state index contributed by atoms with van der Waals surface area (Å²) in [6, 6.07) is 0.635. The van der Waals surface area contributed by atoms with Crippen molar-refractivity contribution in [3.8, 4) is 0 Å². The van der Waals surface area contributed by atoms with Crippen molar-refractivity contribution >= 4 is 0 Å². The van der Waals surface area contributed by atoms with Gasteiger partial charge in [0.05, 0.1) is 6.54 Å². The number of hydrogen-bond donors (Lipinski definition) is 1. The van der Waals surface area contributed by atoms with Gasteiger partial charge in [-0.2, -0.15) is 0 Å². The zero-order valence-corrected chi connectivity index (χ0v) is 13.7. The topological polar surface area (TPSA) is 33.1 Å². The molecule has 0 radical (unpaired) electrons. The molecule has 1 fully saturated rings. The van der Waals surface area contributed by atoms with Crippen molar-refractivity contribution in [2.24, 2.45) is 18.4 Å². The average molecular weight is 278 g/mol. The van der Waals surface area contributed by atoms with Crippen LogP contribution in [-0.2, 0) is 13.6 Å². The quantitative estimate of drug-likeness (QED) is 0.866. The van der Waals surface area contributed by atoms with Crippen molar-refractivity contribution in [3.05, 3.63) is 18.2 Å². The van der Waals surface area contributed by atoms with Gasteiger partial charge in [0, 0.05) is 32.0 Å². The maximum atomic E-state index is 4.42. The Balaban J connectivity index is 1.93. The summed E-state index contributed by atoms with van der Waals surface area (Å²) in [7, 11) is 4.28. The van der Waals surface area contributed by atoms with Gasteiger partial charge in [0.15, 0.2) is 0 Å². The van der Waals surface area contributed by atoms with E-state index < -0.39 is 0 Å². The van der Waals surface area contributed by atoms with Gasteiger partial charge < -0.3 is 9.88 Å². The van der Waals surface area contributed by atoms with Gasteiger partial charge in [-0.3, -0.25) is 4.90 Å². The Kier molecular flexibility index (Phi) is 4.86. The molecule has 1 aromatic rings. The maximum Gasteiger partial charge on any atom is 0.122 e. The monoisotopic (exact) mass is 278 g/mol. The predicted octanol–water partition coefficient (Wildman–Crippen LogP) is 2.27. The van der Waals surface area contributed by atoms with E-state index in [2.05, 4.69) is 54.6 Å². The van der Waals surface area contributed by atoms with Crippen molar-refractivity contribution in [3.63, 3.8) is 0 Å². The van der Waals surface area contributed by atoms with E-state index in [-0.39, 0.29) is 0 Å². The van der Waals surface area contributed by atoms with Crippen LogP contribution in [-0.4, -0.2) is 40.6 Å². The Morgan fingerprint density at radius 1 is 1.50 bits per heavy atom. The van der Waals surface area contributed by atoms with Crippen LogP contribution in [0, 0.1) is 11.3 Å². The first-order chi connectivity index (χ1) is 9.44. The first-order valence-electron chi connectivity index (χ1n) is 7.82. The highest BCUT2D eigenvalue weighted by Crippen LogP contribution is 2.41. The highest BCUT2D eigenvalue weighted by atomic mass is 15.2. The molecular weight excluding hydrogens is 248 g/mol. The molecule has 0 amide bonds. The van der Waals surface area contributed by atoms with E-state index in [1.165, 1.54) is 12.8 Å². The lowest BCUT2D eigenvalue weighted by molar-refractivity contribution is 0.199. The number of aromatic nitrogens is 2. The standard InChI is InChI=1S/C16H30N4/c1-6-17-15-13(7-8-16(15,2)3)11-19(4)12-14-18-9-10-20(14)5/h9-10,13,15,17H,6-8,11-12H2,1-5H3. The third-order valence-electron chi connectivity index (χ3n) is 4.78. The second-order valence-electron chi connectivity index (χ2n) is 6.97. The van der Waals surface area contributed by atoms with Crippen molar-refractivity contribution in [1.29, 1.82) is 0 Å². The van der Waals surface area contributed by atoms with Gasteiger partial charge in [0.25, 0.3) is 0 Å². The molecule has 4 nitrogen and oxygen atoms in total. The molecule has 0 bridgehead atoms. The van der Waals surface area contributed by atoms with E-state index in [9.17, 15) is 0 Å². The van der Waals surface area contributed by atoms with Crippen molar-refractivity contribution < 1.29 is 0 Å². The van der Waals surface area contributed by atoms with E-state index in [4.69, 9.17) is 0 Å². The maximum absolute atomic E-state index is 4.42. The molecule has 4 heteroatoms. The Morgan fingerprint density at radius 3 is 2.85 bits per heavy atom. The minimum atomic E-state index is 0.421. The van der Waals surface area contributed by atoms with Gasteiger partial charge in [-0.05, 0) is 37.8 Å². The first kappa shape index (κ1) is 15.5. The van der Waals surface area contributed by atoms with Crippen LogP contribution >= 0.6 is 0 Å². The average Bonchev–Trinajstić information content (AvgIpc) is 2.88. The molecule has 20 heavy (non-hydrogen) atoms. The van der Waals surface area contributed by atoms with Crippen LogP contribution in [0.1, 0.15) is 39.4 Å². The minimum Gasteiger partial charge on any atom is -0.337 e. The molecule has 0 spiro atoms. The summed E-state index contributed by atoms with van der Waals surface area (Å²) >= 11 is 0. The molecule has 1 aliphatic rings. The molecule has 1 saturated carbocycles. The Labute approximate surface area is 123 Å². The number of hydrogen-bond acceptors (Lipinski definition) is 3. The number of nitrogens with zero attached hydrogens (tertiary/aromatic N) is 3. The molecule has 2 rings (SSSR count). The van der Waals surface area contributed by atoms with Crippen molar-refractivity contribution in [2.75, 3.05) is 20.1 Å². The van der Waals surface area contributed by atoms with Gasteiger partial charge in [0.1, 0.15) is 5.82 Å². The second kappa shape index (κ2) is 6.27. The van der Waals surface area contributed by atoms with E-state index in [1.54, 1.807) is 0 Å². The van der Waals surface area contributed by atoms with E-state index >= 15 is 0 Å². The van der Waals surface area contributed by atoms with Gasteiger partial charge in [-0.15, -0.1) is 0 Å². The van der Waals surface area contributed by atoms with Crippen LogP contribution < -0.4 is 5.32 Å². The predicted molar refractivity (Wildman–Crippen MR) is 83.5 cm³/mol. The SMILES string of the molecule is CCNC1C(CN(C)Cc2nccn2C)CCC1(C)C. The highest BCUT2D eigenvalue weighted by Gasteiger charge is 2.41. The van der Waals surface area contributed by atoms with Crippen LogP contribution in [0.25, 0.3) is 0 Å². The number of imidazole rings is 1. The molecular formula is C16H30N4. The Bertz CT molecular complexity index is 424. The number of rotatable bonds is 6. The van der Waals surface area contributed by atoms with Crippen molar-refractivity contribution in [2.45, 2.75) is 46.2 Å². The summed E-state index contributed by atoms with van der Waals surface area (Å²) in [5.74, 6) is 1.89. The van der Waals surface area contributed by atoms with E-state index in [1.807, 2.05) is 12.4 Å². The van der Waals surface area contributed by atoms with Gasteiger partial charge in [-0.1, -0.05) is 20.8 Å². The smallest absolute Gasteiger partial charge is 0.122 e. The van der Waals surface area contributed by atoms with Crippen LogP contribution in [0.4, 0.5) is 0 Å². The molecule has 0 aromatic carbocycles. The van der Waals surface area contributed by atoms with Crippen LogP contribution in [0.5, 0.6) is 0 Å². The summed E-state index contributed by atoms with van der Waals surface area (Å²) in [5.41, 5.74) is 0.421. The summed E-state index contributed by atoms with van der Waals surface area (Å²) in [6.45, 7) is 10.2. The normalized spacial score (nSPS) is 25.5. The fourth-order valence-electron chi connectivity index (χ4n) is 3.63. The van der Waals surface area contributed by atoms with Crippen molar-refractivity contribution in [1.82, 2.24) is 19.8 Å². The van der Waals surface area contributed by atoms with E-state index in [0.717, 1.165) is 31.4 Å². The number of aryl methyl sites for hydroxylation is 1. The lowest BCUT2D eigenvalue weighted by atomic mass is 9.84. The Hall–Kier alpha value is -0.870. The van der Waals surface area contributed by atoms with Crippen LogP contribution in [0.3, 0.4) is 0 Å². The lowest BCUT2D eigenvalue weighted by Gasteiger charge is -2.33. The fraction of sp³-hybridized carbons (Fsp3) is 0.812. The van der Waals surface area contributed by atoms with Gasteiger partial charge in [0.2, 0.25) is 0 Å². The molecule has 2 atom stereocenters. The highest BCUT2D eigenvalue weighted by molar-refractivity contribution is 4.97. The minimum absolute atomic E-state index is 0.421. The third kappa shape index (κ3) is 3.41. The molecule has 2 unspecified atom stereocenters.